The lowest BCUT2D eigenvalue weighted by Crippen LogP contribution is -2.11. The normalized spacial score (nSPS) is 10.7. The first kappa shape index (κ1) is 19.5. The third-order valence-corrected chi connectivity index (χ3v) is 4.74. The van der Waals surface area contributed by atoms with E-state index in [0.717, 1.165) is 5.75 Å². The van der Waals surface area contributed by atoms with Gasteiger partial charge in [-0.1, -0.05) is 24.3 Å². The molecule has 5 nitrogen and oxygen atoms in total. The highest BCUT2D eigenvalue weighted by molar-refractivity contribution is 6.02. The molecule has 3 aromatic carbocycles. The fourth-order valence-electron chi connectivity index (χ4n) is 3.25. The lowest BCUT2D eigenvalue weighted by molar-refractivity contribution is 0.0527. The highest BCUT2D eigenvalue weighted by Crippen LogP contribution is 2.30. The van der Waals surface area contributed by atoms with E-state index >= 15 is 0 Å². The summed E-state index contributed by atoms with van der Waals surface area (Å²) >= 11 is 0. The Labute approximate surface area is 173 Å². The zero-order valence-corrected chi connectivity index (χ0v) is 16.7. The Morgan fingerprint density at radius 2 is 1.60 bits per heavy atom. The van der Waals surface area contributed by atoms with Gasteiger partial charge in [-0.25, -0.2) is 4.79 Å². The van der Waals surface area contributed by atoms with Gasteiger partial charge in [0, 0.05) is 11.1 Å². The summed E-state index contributed by atoms with van der Waals surface area (Å²) in [6, 6.07) is 21.6. The zero-order valence-electron chi connectivity index (χ0n) is 16.7. The van der Waals surface area contributed by atoms with Crippen molar-refractivity contribution >= 4 is 16.9 Å². The minimum atomic E-state index is -0.521. The molecule has 0 amide bonds. The van der Waals surface area contributed by atoms with E-state index in [-0.39, 0.29) is 23.2 Å². The van der Waals surface area contributed by atoms with Gasteiger partial charge in [0.05, 0.1) is 12.0 Å². The van der Waals surface area contributed by atoms with Gasteiger partial charge in [-0.2, -0.15) is 0 Å². The lowest BCUT2D eigenvalue weighted by atomic mass is 10.0. The fraction of sp³-hybridized carbons (Fsp3) is 0.120. The Morgan fingerprint density at radius 3 is 2.30 bits per heavy atom. The zero-order chi connectivity index (χ0) is 21.1. The predicted molar refractivity (Wildman–Crippen MR) is 115 cm³/mol. The van der Waals surface area contributed by atoms with Crippen molar-refractivity contribution in [3.05, 3.63) is 94.1 Å². The summed E-state index contributed by atoms with van der Waals surface area (Å²) < 4.78 is 17.0. The van der Waals surface area contributed by atoms with E-state index in [1.54, 1.807) is 32.0 Å². The van der Waals surface area contributed by atoms with Gasteiger partial charge >= 0.3 is 5.97 Å². The SMILES string of the molecule is CCOC(=O)c1cccc2c(=O)c(C)c(-c3ccc(Oc4ccccc4)cc3)oc12. The highest BCUT2D eigenvalue weighted by atomic mass is 16.5. The number of rotatable bonds is 5. The molecule has 0 saturated carbocycles. The first-order chi connectivity index (χ1) is 14.6. The number of carbonyl (C=O) groups is 1. The summed E-state index contributed by atoms with van der Waals surface area (Å²) in [4.78, 5) is 25.2. The number of carbonyl (C=O) groups excluding carboxylic acids is 1. The van der Waals surface area contributed by atoms with E-state index in [0.29, 0.717) is 28.0 Å². The molecule has 0 N–H and O–H groups in total. The molecule has 0 spiro atoms. The molecule has 1 aromatic heterocycles. The van der Waals surface area contributed by atoms with Crippen molar-refractivity contribution in [3.8, 4) is 22.8 Å². The second kappa shape index (κ2) is 8.25. The van der Waals surface area contributed by atoms with Gasteiger partial charge in [-0.3, -0.25) is 4.79 Å². The molecule has 4 aromatic rings. The average Bonchev–Trinajstić information content (AvgIpc) is 2.77. The summed E-state index contributed by atoms with van der Waals surface area (Å²) in [6.45, 7) is 3.68. The minimum absolute atomic E-state index is 0.179. The Kier molecular flexibility index (Phi) is 5.35. The van der Waals surface area contributed by atoms with Crippen LogP contribution in [0.15, 0.2) is 82.0 Å². The van der Waals surface area contributed by atoms with Crippen molar-refractivity contribution in [1.29, 1.82) is 0 Å². The lowest BCUT2D eigenvalue weighted by Gasteiger charge is -2.11. The average molecular weight is 400 g/mol. The number of hydrogen-bond acceptors (Lipinski definition) is 5. The maximum atomic E-state index is 12.9. The van der Waals surface area contributed by atoms with Gasteiger partial charge in [0.15, 0.2) is 11.0 Å². The molecule has 0 saturated heterocycles. The van der Waals surface area contributed by atoms with Crippen LogP contribution in [-0.2, 0) is 4.74 Å². The van der Waals surface area contributed by atoms with E-state index in [1.165, 1.54) is 0 Å². The molecular formula is C25H20O5. The van der Waals surface area contributed by atoms with E-state index in [4.69, 9.17) is 13.9 Å². The number of para-hydroxylation sites is 2. The van der Waals surface area contributed by atoms with E-state index in [9.17, 15) is 9.59 Å². The summed E-state index contributed by atoms with van der Waals surface area (Å²) in [5, 5.41) is 0.353. The molecule has 4 rings (SSSR count). The molecule has 0 radical (unpaired) electrons. The third-order valence-electron chi connectivity index (χ3n) is 4.74. The van der Waals surface area contributed by atoms with Crippen LogP contribution in [-0.4, -0.2) is 12.6 Å². The van der Waals surface area contributed by atoms with Crippen LogP contribution in [0.1, 0.15) is 22.8 Å². The highest BCUT2D eigenvalue weighted by Gasteiger charge is 2.19. The number of ether oxygens (including phenoxy) is 2. The van der Waals surface area contributed by atoms with Crippen LogP contribution in [0.25, 0.3) is 22.3 Å². The van der Waals surface area contributed by atoms with Crippen LogP contribution < -0.4 is 10.2 Å². The fourth-order valence-corrected chi connectivity index (χ4v) is 3.25. The van der Waals surface area contributed by atoms with Crippen molar-refractivity contribution in [2.24, 2.45) is 0 Å². The van der Waals surface area contributed by atoms with Gasteiger partial charge in [0.2, 0.25) is 0 Å². The standard InChI is InChI=1S/C25H20O5/c1-3-28-25(27)21-11-7-10-20-22(26)16(2)23(30-24(20)21)17-12-14-19(15-13-17)29-18-8-5-4-6-9-18/h4-15H,3H2,1-2H3. The maximum Gasteiger partial charge on any atom is 0.341 e. The molecule has 0 atom stereocenters. The van der Waals surface area contributed by atoms with Gasteiger partial charge < -0.3 is 13.9 Å². The first-order valence-electron chi connectivity index (χ1n) is 9.65. The van der Waals surface area contributed by atoms with Gasteiger partial charge in [0.25, 0.3) is 0 Å². The molecule has 30 heavy (non-hydrogen) atoms. The third kappa shape index (κ3) is 3.70. The summed E-state index contributed by atoms with van der Waals surface area (Å²) in [7, 11) is 0. The molecule has 0 aliphatic rings. The second-order valence-electron chi connectivity index (χ2n) is 6.73. The van der Waals surface area contributed by atoms with E-state index in [1.807, 2.05) is 54.6 Å². The summed E-state index contributed by atoms with van der Waals surface area (Å²) in [5.74, 6) is 1.29. The molecule has 1 heterocycles. The monoisotopic (exact) mass is 400 g/mol. The van der Waals surface area contributed by atoms with Crippen molar-refractivity contribution in [3.63, 3.8) is 0 Å². The van der Waals surface area contributed by atoms with Crippen molar-refractivity contribution in [2.75, 3.05) is 6.61 Å². The van der Waals surface area contributed by atoms with E-state index in [2.05, 4.69) is 0 Å². The maximum absolute atomic E-state index is 12.9. The molecular weight excluding hydrogens is 380 g/mol. The predicted octanol–water partition coefficient (Wildman–Crippen LogP) is 5.74. The van der Waals surface area contributed by atoms with Crippen LogP contribution in [0.5, 0.6) is 11.5 Å². The number of hydrogen-bond donors (Lipinski definition) is 0. The van der Waals surface area contributed by atoms with Crippen LogP contribution in [0.4, 0.5) is 0 Å². The van der Waals surface area contributed by atoms with Crippen LogP contribution in [0.2, 0.25) is 0 Å². The summed E-state index contributed by atoms with van der Waals surface area (Å²) in [5.41, 5.74) is 1.47. The van der Waals surface area contributed by atoms with Gasteiger partial charge in [-0.05, 0) is 62.4 Å². The van der Waals surface area contributed by atoms with Crippen LogP contribution >= 0.6 is 0 Å². The van der Waals surface area contributed by atoms with Crippen molar-refractivity contribution < 1.29 is 18.7 Å². The Balaban J connectivity index is 1.77. The van der Waals surface area contributed by atoms with E-state index < -0.39 is 5.97 Å². The topological polar surface area (TPSA) is 65.7 Å². The number of benzene rings is 3. The van der Waals surface area contributed by atoms with Gasteiger partial charge in [-0.15, -0.1) is 0 Å². The smallest absolute Gasteiger partial charge is 0.341 e. The van der Waals surface area contributed by atoms with Gasteiger partial charge in [0.1, 0.15) is 22.8 Å². The van der Waals surface area contributed by atoms with Crippen molar-refractivity contribution in [1.82, 2.24) is 0 Å². The molecule has 150 valence electrons. The molecule has 5 heteroatoms. The Bertz CT molecular complexity index is 1250. The molecule has 0 aliphatic carbocycles. The number of esters is 1. The quantitative estimate of drug-likeness (QED) is 0.400. The van der Waals surface area contributed by atoms with Crippen molar-refractivity contribution in [2.45, 2.75) is 13.8 Å². The molecule has 0 unspecified atom stereocenters. The molecule has 0 aliphatic heterocycles. The Morgan fingerprint density at radius 1 is 0.900 bits per heavy atom. The largest absolute Gasteiger partial charge is 0.462 e. The minimum Gasteiger partial charge on any atom is -0.462 e. The molecule has 0 bridgehead atoms. The van der Waals surface area contributed by atoms with Crippen LogP contribution in [0, 0.1) is 6.92 Å². The second-order valence-corrected chi connectivity index (χ2v) is 6.73. The summed E-state index contributed by atoms with van der Waals surface area (Å²) in [6.07, 6.45) is 0. The molecule has 0 fully saturated rings. The number of fused-ring (bicyclic) bond motifs is 1. The first-order valence-corrected chi connectivity index (χ1v) is 9.65. The Hall–Kier alpha value is -3.86. The van der Waals surface area contributed by atoms with Crippen LogP contribution in [0.3, 0.4) is 0 Å².